The molecule has 0 bridgehead atoms. The molecule has 0 saturated carbocycles. The molecule has 1 fully saturated rings. The first kappa shape index (κ1) is 17.2. The minimum absolute atomic E-state index is 0.0254. The Kier molecular flexibility index (Phi) is 5.36. The highest BCUT2D eigenvalue weighted by Crippen LogP contribution is 2.30. The van der Waals surface area contributed by atoms with Crippen LogP contribution in [0.3, 0.4) is 0 Å². The number of rotatable bonds is 4. The van der Waals surface area contributed by atoms with Crippen LogP contribution >= 0.6 is 11.8 Å². The summed E-state index contributed by atoms with van der Waals surface area (Å²) in [5.41, 5.74) is 0.636. The van der Waals surface area contributed by atoms with Crippen molar-refractivity contribution in [1.82, 2.24) is 9.80 Å². The number of para-hydroxylation sites is 1. The topological polar surface area (TPSA) is 45.9 Å². The number of methoxy groups -OCH3 is 1. The Labute approximate surface area is 146 Å². The van der Waals surface area contributed by atoms with Crippen molar-refractivity contribution in [3.05, 3.63) is 30.0 Å². The number of likely N-dealkylation sites (N-methyl/N-ethyl adjacent to an activating group) is 1. The molecule has 1 aromatic heterocycles. The highest BCUT2D eigenvalue weighted by Gasteiger charge is 2.29. The number of nitrogens with zero attached hydrogens (tertiary/aromatic N) is 2. The van der Waals surface area contributed by atoms with Gasteiger partial charge in [-0.1, -0.05) is 12.1 Å². The molecular formula is C18H24N2O3S. The van der Waals surface area contributed by atoms with Crippen molar-refractivity contribution in [1.29, 1.82) is 0 Å². The van der Waals surface area contributed by atoms with E-state index < -0.39 is 0 Å². The van der Waals surface area contributed by atoms with Crippen molar-refractivity contribution in [3.8, 4) is 5.75 Å². The van der Waals surface area contributed by atoms with Crippen LogP contribution in [-0.2, 0) is 0 Å². The second kappa shape index (κ2) is 7.49. The quantitative estimate of drug-likeness (QED) is 0.850. The highest BCUT2D eigenvalue weighted by atomic mass is 32.2. The van der Waals surface area contributed by atoms with E-state index >= 15 is 0 Å². The average Bonchev–Trinajstić information content (AvgIpc) is 2.88. The van der Waals surface area contributed by atoms with Crippen molar-refractivity contribution < 1.29 is 13.9 Å². The van der Waals surface area contributed by atoms with Crippen LogP contribution in [0.1, 0.15) is 17.0 Å². The molecule has 6 heteroatoms. The van der Waals surface area contributed by atoms with Gasteiger partial charge in [0.25, 0.3) is 5.91 Å². The maximum Gasteiger partial charge on any atom is 0.289 e. The molecule has 0 unspecified atom stereocenters. The normalized spacial score (nSPS) is 18.8. The summed E-state index contributed by atoms with van der Waals surface area (Å²) in [6.45, 7) is 1.64. The Bertz CT molecular complexity index is 713. The molecular weight excluding hydrogens is 324 g/mol. The molecule has 5 nitrogen and oxygen atoms in total. The van der Waals surface area contributed by atoms with Gasteiger partial charge in [0.15, 0.2) is 17.1 Å². The molecule has 0 radical (unpaired) electrons. The van der Waals surface area contributed by atoms with Crippen molar-refractivity contribution >= 4 is 28.6 Å². The van der Waals surface area contributed by atoms with Crippen molar-refractivity contribution in [2.75, 3.05) is 45.8 Å². The summed E-state index contributed by atoms with van der Waals surface area (Å²) < 4.78 is 11.2. The molecule has 1 aromatic carbocycles. The molecule has 2 heterocycles. The van der Waals surface area contributed by atoms with Crippen LogP contribution in [0.4, 0.5) is 0 Å². The van der Waals surface area contributed by atoms with E-state index in [1.54, 1.807) is 7.11 Å². The molecule has 1 atom stereocenters. The number of carbonyl (C=O) groups excluding carboxylic acids is 1. The van der Waals surface area contributed by atoms with E-state index in [4.69, 9.17) is 9.15 Å². The molecule has 130 valence electrons. The first-order valence-electron chi connectivity index (χ1n) is 8.20. The lowest BCUT2D eigenvalue weighted by Crippen LogP contribution is -2.46. The fourth-order valence-corrected chi connectivity index (χ4v) is 4.17. The number of benzene rings is 1. The third-order valence-corrected chi connectivity index (χ3v) is 5.41. The second-order valence-electron chi connectivity index (χ2n) is 6.33. The van der Waals surface area contributed by atoms with Crippen LogP contribution in [0.25, 0.3) is 11.0 Å². The van der Waals surface area contributed by atoms with E-state index in [1.165, 1.54) is 0 Å². The fraction of sp³-hybridized carbons (Fsp3) is 0.500. The number of fused-ring (bicyclic) bond motifs is 1. The number of thioether (sulfide) groups is 1. The molecule has 2 aromatic rings. The predicted octanol–water partition coefficient (Wildman–Crippen LogP) is 2.95. The van der Waals surface area contributed by atoms with Crippen LogP contribution in [0.2, 0.25) is 0 Å². The van der Waals surface area contributed by atoms with Gasteiger partial charge in [-0.3, -0.25) is 4.79 Å². The highest BCUT2D eigenvalue weighted by molar-refractivity contribution is 7.99. The monoisotopic (exact) mass is 348 g/mol. The molecule has 0 aliphatic carbocycles. The number of amides is 1. The summed E-state index contributed by atoms with van der Waals surface area (Å²) in [5.74, 6) is 3.09. The third-order valence-electron chi connectivity index (χ3n) is 4.21. The van der Waals surface area contributed by atoms with Gasteiger partial charge in [-0.15, -0.1) is 0 Å². The van der Waals surface area contributed by atoms with E-state index in [0.29, 0.717) is 17.1 Å². The van der Waals surface area contributed by atoms with E-state index in [-0.39, 0.29) is 11.9 Å². The van der Waals surface area contributed by atoms with Gasteiger partial charge in [0.2, 0.25) is 0 Å². The van der Waals surface area contributed by atoms with Crippen LogP contribution in [0.5, 0.6) is 5.75 Å². The SMILES string of the molecule is COc1cccc2cc(C(=O)N3CCCSC[C@H]3CN(C)C)oc12. The summed E-state index contributed by atoms with van der Waals surface area (Å²) in [6, 6.07) is 7.72. The molecule has 1 amide bonds. The molecule has 0 N–H and O–H groups in total. The van der Waals surface area contributed by atoms with Crippen molar-refractivity contribution in [2.45, 2.75) is 12.5 Å². The number of furan rings is 1. The molecule has 3 rings (SSSR count). The van der Waals surface area contributed by atoms with Crippen molar-refractivity contribution in [2.24, 2.45) is 0 Å². The Morgan fingerprint density at radius 1 is 1.46 bits per heavy atom. The van der Waals surface area contributed by atoms with Gasteiger partial charge in [0.1, 0.15) is 0 Å². The Balaban J connectivity index is 1.90. The Hall–Kier alpha value is -1.66. The molecule has 24 heavy (non-hydrogen) atoms. The predicted molar refractivity (Wildman–Crippen MR) is 98.1 cm³/mol. The minimum atomic E-state index is -0.0254. The zero-order valence-corrected chi connectivity index (χ0v) is 15.3. The standard InChI is InChI=1S/C18H24N2O3S/c1-19(2)11-14-12-24-9-5-8-20(14)18(21)16-10-13-6-4-7-15(22-3)17(13)23-16/h4,6-7,10,14H,5,8-9,11-12H2,1-3H3/t14-/m1/s1. The lowest BCUT2D eigenvalue weighted by Gasteiger charge is -2.31. The summed E-state index contributed by atoms with van der Waals surface area (Å²) in [4.78, 5) is 17.2. The zero-order chi connectivity index (χ0) is 17.1. The lowest BCUT2D eigenvalue weighted by molar-refractivity contribution is 0.0645. The number of ether oxygens (including phenoxy) is 1. The van der Waals surface area contributed by atoms with Gasteiger partial charge in [0.05, 0.1) is 13.2 Å². The first-order chi connectivity index (χ1) is 11.6. The third kappa shape index (κ3) is 3.54. The van der Waals surface area contributed by atoms with Crippen LogP contribution in [0.15, 0.2) is 28.7 Å². The molecule has 1 aliphatic rings. The van der Waals surface area contributed by atoms with Gasteiger partial charge in [-0.05, 0) is 38.4 Å². The molecule has 1 saturated heterocycles. The lowest BCUT2D eigenvalue weighted by atomic mass is 10.2. The molecule has 1 aliphatic heterocycles. The van der Waals surface area contributed by atoms with Gasteiger partial charge in [-0.2, -0.15) is 11.8 Å². The van der Waals surface area contributed by atoms with E-state index in [0.717, 1.165) is 36.4 Å². The van der Waals surface area contributed by atoms with E-state index in [9.17, 15) is 4.79 Å². The smallest absolute Gasteiger partial charge is 0.289 e. The zero-order valence-electron chi connectivity index (χ0n) is 14.4. The van der Waals surface area contributed by atoms with Crippen molar-refractivity contribution in [3.63, 3.8) is 0 Å². The fourth-order valence-electron chi connectivity index (χ4n) is 3.11. The summed E-state index contributed by atoms with van der Waals surface area (Å²) in [7, 11) is 5.70. The maximum atomic E-state index is 13.1. The average molecular weight is 348 g/mol. The maximum absolute atomic E-state index is 13.1. The second-order valence-corrected chi connectivity index (χ2v) is 7.48. The van der Waals surface area contributed by atoms with Crippen LogP contribution in [0, 0.1) is 0 Å². The summed E-state index contributed by atoms with van der Waals surface area (Å²) >= 11 is 1.92. The summed E-state index contributed by atoms with van der Waals surface area (Å²) in [5, 5.41) is 0.894. The first-order valence-corrected chi connectivity index (χ1v) is 9.35. The Morgan fingerprint density at radius 3 is 3.04 bits per heavy atom. The van der Waals surface area contributed by atoms with Gasteiger partial charge in [-0.25, -0.2) is 0 Å². The molecule has 0 spiro atoms. The number of hydrogen-bond acceptors (Lipinski definition) is 5. The van der Waals surface area contributed by atoms with E-state index in [2.05, 4.69) is 4.90 Å². The van der Waals surface area contributed by atoms with Crippen LogP contribution in [-0.4, -0.2) is 67.5 Å². The minimum Gasteiger partial charge on any atom is -0.493 e. The summed E-state index contributed by atoms with van der Waals surface area (Å²) in [6.07, 6.45) is 1.02. The Morgan fingerprint density at radius 2 is 2.29 bits per heavy atom. The van der Waals surface area contributed by atoms with Crippen LogP contribution < -0.4 is 4.74 Å². The van der Waals surface area contributed by atoms with Gasteiger partial charge < -0.3 is 19.0 Å². The van der Waals surface area contributed by atoms with Gasteiger partial charge in [0, 0.05) is 24.2 Å². The van der Waals surface area contributed by atoms with Gasteiger partial charge >= 0.3 is 0 Å². The van der Waals surface area contributed by atoms with E-state index in [1.807, 2.05) is 55.0 Å². The number of hydrogen-bond donors (Lipinski definition) is 0. The largest absolute Gasteiger partial charge is 0.493 e. The number of carbonyl (C=O) groups is 1.